The van der Waals surface area contributed by atoms with Crippen LogP contribution in [0, 0.1) is 11.3 Å². The minimum atomic E-state index is -1.15. The summed E-state index contributed by atoms with van der Waals surface area (Å²) >= 11 is 0. The quantitative estimate of drug-likeness (QED) is 0.451. The van der Waals surface area contributed by atoms with Crippen molar-refractivity contribution in [1.29, 1.82) is 0 Å². The van der Waals surface area contributed by atoms with Gasteiger partial charge >= 0.3 is 11.9 Å². The van der Waals surface area contributed by atoms with Crippen molar-refractivity contribution in [2.45, 2.75) is 39.5 Å². The molecule has 1 fully saturated rings. The third kappa shape index (κ3) is 2.65. The second kappa shape index (κ2) is 6.25. The number of rotatable bonds is 4. The molecular formula is C16H22O4. The zero-order valence-corrected chi connectivity index (χ0v) is 12.2. The van der Waals surface area contributed by atoms with E-state index < -0.39 is 17.4 Å². The minimum Gasteiger partial charge on any atom is -0.465 e. The van der Waals surface area contributed by atoms with Gasteiger partial charge in [0.25, 0.3) is 0 Å². The number of carbonyl (C=O) groups excluding carboxylic acids is 2. The van der Waals surface area contributed by atoms with Crippen molar-refractivity contribution >= 4 is 11.9 Å². The molecule has 0 aromatic rings. The van der Waals surface area contributed by atoms with E-state index >= 15 is 0 Å². The van der Waals surface area contributed by atoms with Crippen LogP contribution in [0.25, 0.3) is 0 Å². The summed E-state index contributed by atoms with van der Waals surface area (Å²) < 4.78 is 10.3. The molecule has 0 heterocycles. The Balaban J connectivity index is 2.30. The van der Waals surface area contributed by atoms with E-state index in [0.717, 1.165) is 12.8 Å². The summed E-state index contributed by atoms with van der Waals surface area (Å²) in [4.78, 5) is 24.7. The highest BCUT2D eigenvalue weighted by molar-refractivity contribution is 6.01. The first kappa shape index (κ1) is 14.8. The van der Waals surface area contributed by atoms with Gasteiger partial charge in [-0.2, -0.15) is 0 Å². The number of ether oxygens (including phenoxy) is 2. The summed E-state index contributed by atoms with van der Waals surface area (Å²) in [6.07, 6.45) is 9.27. The number of esters is 2. The molecule has 0 unspecified atom stereocenters. The molecule has 2 aliphatic rings. The Morgan fingerprint density at radius 3 is 2.45 bits per heavy atom. The summed E-state index contributed by atoms with van der Waals surface area (Å²) in [5.41, 5.74) is 0.0179. The van der Waals surface area contributed by atoms with Crippen molar-refractivity contribution in [3.05, 3.63) is 23.8 Å². The highest BCUT2D eigenvalue weighted by Crippen LogP contribution is 2.48. The van der Waals surface area contributed by atoms with Crippen LogP contribution < -0.4 is 0 Å². The molecule has 1 atom stereocenters. The fourth-order valence-electron chi connectivity index (χ4n) is 3.03. The summed E-state index contributed by atoms with van der Waals surface area (Å²) in [5.74, 6) is -0.729. The van der Waals surface area contributed by atoms with Gasteiger partial charge in [-0.05, 0) is 45.4 Å². The highest BCUT2D eigenvalue weighted by atomic mass is 16.6. The first-order chi connectivity index (χ1) is 9.64. The molecule has 0 bridgehead atoms. The summed E-state index contributed by atoms with van der Waals surface area (Å²) in [6.45, 7) is 4.06. The van der Waals surface area contributed by atoms with E-state index in [0.29, 0.717) is 12.8 Å². The lowest BCUT2D eigenvalue weighted by Crippen LogP contribution is -2.40. The van der Waals surface area contributed by atoms with Gasteiger partial charge in [0.05, 0.1) is 13.2 Å². The number of hydrogen-bond acceptors (Lipinski definition) is 4. The molecule has 0 aliphatic heterocycles. The van der Waals surface area contributed by atoms with Crippen LogP contribution in [-0.2, 0) is 19.1 Å². The third-order valence-corrected chi connectivity index (χ3v) is 3.99. The van der Waals surface area contributed by atoms with Gasteiger partial charge in [-0.25, -0.2) is 0 Å². The molecule has 0 aromatic heterocycles. The standard InChI is InChI=1S/C16H22O4/c1-3-19-14(17)16(15(18)20-4-2)10-12-8-6-5-7-9-13(12)11-16/h6,8-9,12H,3-5,7,10-11H2,1-2H3/t12-/m0/s1. The number of hydrogen-bond donors (Lipinski definition) is 0. The minimum absolute atomic E-state index is 0.159. The maximum Gasteiger partial charge on any atom is 0.323 e. The predicted molar refractivity (Wildman–Crippen MR) is 74.9 cm³/mol. The van der Waals surface area contributed by atoms with Gasteiger partial charge in [-0.3, -0.25) is 9.59 Å². The molecule has 0 aromatic carbocycles. The van der Waals surface area contributed by atoms with Gasteiger partial charge in [0, 0.05) is 0 Å². The van der Waals surface area contributed by atoms with Gasteiger partial charge in [0.15, 0.2) is 5.41 Å². The maximum atomic E-state index is 12.3. The lowest BCUT2D eigenvalue weighted by molar-refractivity contribution is -0.171. The Labute approximate surface area is 119 Å². The Hall–Kier alpha value is -1.58. The van der Waals surface area contributed by atoms with Crippen LogP contribution in [-0.4, -0.2) is 25.2 Å². The molecule has 0 N–H and O–H groups in total. The molecule has 1 saturated carbocycles. The average Bonchev–Trinajstić information content (AvgIpc) is 2.67. The van der Waals surface area contributed by atoms with Crippen LogP contribution in [0.15, 0.2) is 23.8 Å². The van der Waals surface area contributed by atoms with Crippen LogP contribution in [0.4, 0.5) is 0 Å². The van der Waals surface area contributed by atoms with Crippen molar-refractivity contribution in [3.63, 3.8) is 0 Å². The maximum absolute atomic E-state index is 12.3. The molecule has 2 aliphatic carbocycles. The van der Waals surface area contributed by atoms with Crippen molar-refractivity contribution in [1.82, 2.24) is 0 Å². The van der Waals surface area contributed by atoms with Crippen LogP contribution >= 0.6 is 0 Å². The molecule has 0 radical (unpaired) electrons. The molecule has 20 heavy (non-hydrogen) atoms. The van der Waals surface area contributed by atoms with E-state index in [9.17, 15) is 9.59 Å². The Morgan fingerprint density at radius 2 is 1.85 bits per heavy atom. The van der Waals surface area contributed by atoms with Crippen LogP contribution in [0.5, 0.6) is 0 Å². The van der Waals surface area contributed by atoms with Gasteiger partial charge < -0.3 is 9.47 Å². The van der Waals surface area contributed by atoms with E-state index in [4.69, 9.17) is 9.47 Å². The molecule has 0 saturated heterocycles. The molecule has 4 heteroatoms. The normalized spacial score (nSPS) is 23.5. The first-order valence-corrected chi connectivity index (χ1v) is 7.34. The number of carbonyl (C=O) groups is 2. The Morgan fingerprint density at radius 1 is 1.20 bits per heavy atom. The predicted octanol–water partition coefficient (Wildman–Crippen LogP) is 2.79. The van der Waals surface area contributed by atoms with E-state index in [1.54, 1.807) is 13.8 Å². The molecule has 110 valence electrons. The summed E-state index contributed by atoms with van der Waals surface area (Å²) in [7, 11) is 0. The summed E-state index contributed by atoms with van der Waals surface area (Å²) in [6, 6.07) is 0. The number of allylic oxidation sites excluding steroid dienone is 4. The second-order valence-electron chi connectivity index (χ2n) is 5.29. The van der Waals surface area contributed by atoms with Crippen LogP contribution in [0.1, 0.15) is 39.5 Å². The van der Waals surface area contributed by atoms with Gasteiger partial charge in [-0.1, -0.05) is 23.8 Å². The zero-order chi connectivity index (χ0) is 14.6. The van der Waals surface area contributed by atoms with Crippen molar-refractivity contribution < 1.29 is 19.1 Å². The molecule has 0 spiro atoms. The van der Waals surface area contributed by atoms with E-state index in [1.165, 1.54) is 5.57 Å². The second-order valence-corrected chi connectivity index (χ2v) is 5.29. The topological polar surface area (TPSA) is 52.6 Å². The SMILES string of the molecule is CCOC(=O)C1(C(=O)OCC)CC2=CCCC=C[C@H]2C1. The Kier molecular flexibility index (Phi) is 4.63. The molecule has 0 amide bonds. The van der Waals surface area contributed by atoms with Gasteiger partial charge in [0.2, 0.25) is 0 Å². The average molecular weight is 278 g/mol. The first-order valence-electron chi connectivity index (χ1n) is 7.34. The highest BCUT2D eigenvalue weighted by Gasteiger charge is 2.55. The fourth-order valence-corrected chi connectivity index (χ4v) is 3.03. The smallest absolute Gasteiger partial charge is 0.323 e. The largest absolute Gasteiger partial charge is 0.465 e. The van der Waals surface area contributed by atoms with Crippen LogP contribution in [0.3, 0.4) is 0 Å². The van der Waals surface area contributed by atoms with Crippen LogP contribution in [0.2, 0.25) is 0 Å². The fraction of sp³-hybridized carbons (Fsp3) is 0.625. The lowest BCUT2D eigenvalue weighted by Gasteiger charge is -2.24. The van der Waals surface area contributed by atoms with E-state index in [-0.39, 0.29) is 19.1 Å². The van der Waals surface area contributed by atoms with E-state index in [1.807, 2.05) is 0 Å². The van der Waals surface area contributed by atoms with Crippen molar-refractivity contribution in [2.75, 3.05) is 13.2 Å². The molecule has 4 nitrogen and oxygen atoms in total. The number of fused-ring (bicyclic) bond motifs is 1. The van der Waals surface area contributed by atoms with E-state index in [2.05, 4.69) is 18.2 Å². The lowest BCUT2D eigenvalue weighted by atomic mass is 9.85. The Bertz CT molecular complexity index is 429. The van der Waals surface area contributed by atoms with Crippen molar-refractivity contribution in [2.24, 2.45) is 11.3 Å². The summed E-state index contributed by atoms with van der Waals surface area (Å²) in [5, 5.41) is 0. The van der Waals surface area contributed by atoms with Gasteiger partial charge in [0.1, 0.15) is 0 Å². The molecule has 2 rings (SSSR count). The third-order valence-electron chi connectivity index (χ3n) is 3.99. The zero-order valence-electron chi connectivity index (χ0n) is 12.2. The van der Waals surface area contributed by atoms with Crippen molar-refractivity contribution in [3.8, 4) is 0 Å². The van der Waals surface area contributed by atoms with Gasteiger partial charge in [-0.15, -0.1) is 0 Å². The molecular weight excluding hydrogens is 256 g/mol. The monoisotopic (exact) mass is 278 g/mol.